The van der Waals surface area contributed by atoms with Gasteiger partial charge in [0.2, 0.25) is 5.96 Å². The zero-order valence-corrected chi connectivity index (χ0v) is 24.2. The van der Waals surface area contributed by atoms with Gasteiger partial charge in [0.1, 0.15) is 0 Å². The van der Waals surface area contributed by atoms with Gasteiger partial charge in [0.05, 0.1) is 17.8 Å². The molecule has 194 valence electrons. The molecule has 3 rings (SSSR count). The van der Waals surface area contributed by atoms with Gasteiger partial charge in [0, 0.05) is 7.05 Å². The molecule has 0 unspecified atom stereocenters. The van der Waals surface area contributed by atoms with E-state index < -0.39 is 8.32 Å². The third-order valence-corrected chi connectivity index (χ3v) is 11.8. The Bertz CT molecular complexity index is 1200. The SMILES string of the molecule is C[C@H]([C@@H](O[Si](C)(C)C(C)(C)C)c1ccccc1)N(C)C(=Nc1ccc(Cc2ccccc2)cc1)NC#N. The first-order valence-electron chi connectivity index (χ1n) is 12.8. The van der Waals surface area contributed by atoms with Gasteiger partial charge in [-0.3, -0.25) is 5.32 Å². The molecule has 1 N–H and O–H groups in total. The van der Waals surface area contributed by atoms with Crippen molar-refractivity contribution in [1.29, 1.82) is 5.26 Å². The summed E-state index contributed by atoms with van der Waals surface area (Å²) in [4.78, 5) is 6.81. The van der Waals surface area contributed by atoms with E-state index in [9.17, 15) is 5.26 Å². The first kappa shape index (κ1) is 28.2. The van der Waals surface area contributed by atoms with Crippen molar-refractivity contribution < 1.29 is 4.43 Å². The molecule has 0 spiro atoms. The number of benzene rings is 3. The molecule has 0 radical (unpaired) electrons. The Morgan fingerprint density at radius 3 is 2.03 bits per heavy atom. The first-order chi connectivity index (χ1) is 17.5. The van der Waals surface area contributed by atoms with Crippen LogP contribution in [-0.4, -0.2) is 32.3 Å². The summed E-state index contributed by atoms with van der Waals surface area (Å²) in [6.07, 6.45) is 2.76. The van der Waals surface area contributed by atoms with Gasteiger partial charge in [-0.25, -0.2) is 4.99 Å². The lowest BCUT2D eigenvalue weighted by Crippen LogP contribution is -2.49. The van der Waals surface area contributed by atoms with Gasteiger partial charge >= 0.3 is 0 Å². The highest BCUT2D eigenvalue weighted by Gasteiger charge is 2.41. The van der Waals surface area contributed by atoms with Crippen molar-refractivity contribution in [3.63, 3.8) is 0 Å². The zero-order valence-electron chi connectivity index (χ0n) is 23.2. The second kappa shape index (κ2) is 12.2. The summed E-state index contributed by atoms with van der Waals surface area (Å²) in [7, 11) is -0.117. The van der Waals surface area contributed by atoms with Crippen LogP contribution in [0.4, 0.5) is 5.69 Å². The smallest absolute Gasteiger partial charge is 0.212 e. The Morgan fingerprint density at radius 2 is 1.49 bits per heavy atom. The Kier molecular flexibility index (Phi) is 9.31. The minimum atomic E-state index is -2.08. The van der Waals surface area contributed by atoms with Crippen LogP contribution in [0.5, 0.6) is 0 Å². The topological polar surface area (TPSA) is 60.6 Å². The van der Waals surface area contributed by atoms with E-state index in [0.717, 1.165) is 17.7 Å². The summed E-state index contributed by atoms with van der Waals surface area (Å²) in [6, 6.07) is 28.8. The number of likely N-dealkylation sites (N-methyl/N-ethyl adjacent to an activating group) is 1. The molecule has 3 aromatic rings. The molecule has 5 nitrogen and oxygen atoms in total. The lowest BCUT2D eigenvalue weighted by molar-refractivity contribution is 0.111. The van der Waals surface area contributed by atoms with Crippen LogP contribution < -0.4 is 5.32 Å². The Hall–Kier alpha value is -3.40. The van der Waals surface area contributed by atoms with Crippen LogP contribution in [0.3, 0.4) is 0 Å². The molecule has 0 aliphatic heterocycles. The van der Waals surface area contributed by atoms with Crippen LogP contribution in [-0.2, 0) is 10.8 Å². The van der Waals surface area contributed by atoms with E-state index in [1.807, 2.05) is 48.3 Å². The Morgan fingerprint density at radius 1 is 0.946 bits per heavy atom. The molecule has 0 bridgehead atoms. The summed E-state index contributed by atoms with van der Waals surface area (Å²) < 4.78 is 6.95. The predicted octanol–water partition coefficient (Wildman–Crippen LogP) is 7.42. The molecule has 37 heavy (non-hydrogen) atoms. The van der Waals surface area contributed by atoms with E-state index in [1.165, 1.54) is 11.1 Å². The van der Waals surface area contributed by atoms with Crippen molar-refractivity contribution in [3.8, 4) is 6.19 Å². The van der Waals surface area contributed by atoms with E-state index >= 15 is 0 Å². The van der Waals surface area contributed by atoms with Crippen LogP contribution in [0.25, 0.3) is 0 Å². The molecule has 0 aliphatic rings. The molecule has 0 fully saturated rings. The van der Waals surface area contributed by atoms with Crippen molar-refractivity contribution in [1.82, 2.24) is 10.2 Å². The number of hydrogen-bond acceptors (Lipinski definition) is 3. The van der Waals surface area contributed by atoms with Crippen molar-refractivity contribution in [2.75, 3.05) is 7.05 Å². The van der Waals surface area contributed by atoms with Crippen LogP contribution >= 0.6 is 0 Å². The zero-order chi connectivity index (χ0) is 27.1. The van der Waals surface area contributed by atoms with Crippen LogP contribution in [0.2, 0.25) is 18.1 Å². The molecule has 3 aromatic carbocycles. The number of nitriles is 1. The molecule has 0 heterocycles. The molecule has 0 aromatic heterocycles. The number of aliphatic imine (C=N–C) groups is 1. The van der Waals surface area contributed by atoms with Gasteiger partial charge < -0.3 is 9.33 Å². The predicted molar refractivity (Wildman–Crippen MR) is 156 cm³/mol. The molecular formula is C31H40N4OSi. The standard InChI is InChI=1S/C31H40N4OSi/c1-24(29(27-16-12-9-13-17-27)36-37(6,7)31(2,3)4)35(5)30(33-23-32)34-28-20-18-26(19-21-28)22-25-14-10-8-11-15-25/h8-21,24,29H,22H2,1-7H3,(H,33,34)/t24-,29-/m1/s1. The maximum atomic E-state index is 9.51. The highest BCUT2D eigenvalue weighted by atomic mass is 28.4. The van der Waals surface area contributed by atoms with Gasteiger partial charge in [-0.15, -0.1) is 0 Å². The summed E-state index contributed by atoms with van der Waals surface area (Å²) in [6.45, 7) is 13.4. The van der Waals surface area contributed by atoms with Gasteiger partial charge in [0.25, 0.3) is 0 Å². The highest BCUT2D eigenvalue weighted by molar-refractivity contribution is 6.74. The summed E-state index contributed by atoms with van der Waals surface area (Å²) in [5.74, 6) is 0.491. The van der Waals surface area contributed by atoms with Gasteiger partial charge in [-0.05, 0) is 60.3 Å². The number of nitrogens with zero attached hydrogens (tertiary/aromatic N) is 3. The van der Waals surface area contributed by atoms with Crippen LogP contribution in [0, 0.1) is 11.5 Å². The van der Waals surface area contributed by atoms with Gasteiger partial charge in [-0.1, -0.05) is 93.6 Å². The molecular weight excluding hydrogens is 472 g/mol. The van der Waals surface area contributed by atoms with E-state index in [4.69, 9.17) is 9.42 Å². The maximum Gasteiger partial charge on any atom is 0.212 e. The van der Waals surface area contributed by atoms with Crippen molar-refractivity contribution in [2.45, 2.75) is 64.4 Å². The molecule has 0 aliphatic carbocycles. The third-order valence-electron chi connectivity index (χ3n) is 7.33. The molecule has 6 heteroatoms. The van der Waals surface area contributed by atoms with Gasteiger partial charge in [-0.2, -0.15) is 5.26 Å². The average molecular weight is 513 g/mol. The monoisotopic (exact) mass is 512 g/mol. The number of hydrogen-bond donors (Lipinski definition) is 1. The number of rotatable bonds is 8. The minimum absolute atomic E-state index is 0.0711. The second-order valence-corrected chi connectivity index (χ2v) is 15.8. The normalized spacial score (nSPS) is 13.9. The molecule has 0 saturated carbocycles. The Balaban J connectivity index is 1.87. The van der Waals surface area contributed by atoms with Crippen molar-refractivity contribution in [2.24, 2.45) is 4.99 Å². The van der Waals surface area contributed by atoms with E-state index in [1.54, 1.807) is 0 Å². The largest absolute Gasteiger partial charge is 0.408 e. The Labute approximate surface area is 224 Å². The molecule has 2 atom stereocenters. The van der Waals surface area contributed by atoms with E-state index in [0.29, 0.717) is 5.96 Å². The fourth-order valence-corrected chi connectivity index (χ4v) is 5.19. The first-order valence-corrected chi connectivity index (χ1v) is 15.7. The highest BCUT2D eigenvalue weighted by Crippen LogP contribution is 2.41. The van der Waals surface area contributed by atoms with E-state index in [2.05, 4.69) is 101 Å². The minimum Gasteiger partial charge on any atom is -0.408 e. The van der Waals surface area contributed by atoms with Crippen LogP contribution in [0.15, 0.2) is 89.9 Å². The number of guanidine groups is 1. The quantitative estimate of drug-likeness (QED) is 0.112. The second-order valence-electron chi connectivity index (χ2n) is 11.1. The lowest BCUT2D eigenvalue weighted by Gasteiger charge is -2.43. The summed E-state index contributed by atoms with van der Waals surface area (Å²) in [5, 5.41) is 12.4. The average Bonchev–Trinajstić information content (AvgIpc) is 2.88. The maximum absolute atomic E-state index is 9.51. The fourth-order valence-electron chi connectivity index (χ4n) is 3.87. The van der Waals surface area contributed by atoms with Gasteiger partial charge in [0.15, 0.2) is 14.5 Å². The van der Waals surface area contributed by atoms with Crippen molar-refractivity contribution >= 4 is 20.0 Å². The fraction of sp³-hybridized carbons (Fsp3) is 0.355. The number of nitrogens with one attached hydrogen (secondary N) is 1. The van der Waals surface area contributed by atoms with Crippen molar-refractivity contribution in [3.05, 3.63) is 102 Å². The molecule has 0 amide bonds. The lowest BCUT2D eigenvalue weighted by atomic mass is 10.0. The van der Waals surface area contributed by atoms with Crippen LogP contribution in [0.1, 0.15) is 50.5 Å². The summed E-state index contributed by atoms with van der Waals surface area (Å²) in [5.41, 5.74) is 4.39. The summed E-state index contributed by atoms with van der Waals surface area (Å²) >= 11 is 0. The molecule has 0 saturated heterocycles. The van der Waals surface area contributed by atoms with E-state index in [-0.39, 0.29) is 17.2 Å². The third kappa shape index (κ3) is 7.54.